The number of aliphatic hydroxyl groups is 1. The van der Waals surface area contributed by atoms with Gasteiger partial charge in [-0.2, -0.15) is 0 Å². The zero-order chi connectivity index (χ0) is 11.3. The summed E-state index contributed by atoms with van der Waals surface area (Å²) in [7, 11) is 0. The highest BCUT2D eigenvalue weighted by Crippen LogP contribution is 2.08. The quantitative estimate of drug-likeness (QED) is 0.680. The monoisotopic (exact) mass is 201 g/mol. The van der Waals surface area contributed by atoms with Crippen molar-refractivity contribution in [1.29, 1.82) is 0 Å². The molecule has 82 valence electrons. The van der Waals surface area contributed by atoms with Crippen LogP contribution in [0.4, 0.5) is 0 Å². The van der Waals surface area contributed by atoms with Gasteiger partial charge in [0.2, 0.25) is 5.91 Å². The molecule has 0 fully saturated rings. The minimum atomic E-state index is -0.681. The lowest BCUT2D eigenvalue weighted by molar-refractivity contribution is -0.131. The molecule has 0 saturated carbocycles. The Morgan fingerprint density at radius 1 is 1.36 bits per heavy atom. The first-order valence-electron chi connectivity index (χ1n) is 4.89. The first-order valence-corrected chi connectivity index (χ1v) is 4.89. The van der Waals surface area contributed by atoms with E-state index in [-0.39, 0.29) is 11.7 Å². The Balaban J connectivity index is 4.24. The molecule has 0 aromatic rings. The van der Waals surface area contributed by atoms with Gasteiger partial charge in [0.25, 0.3) is 0 Å². The predicted octanol–water partition coefficient (Wildman–Crippen LogP) is 0.487. The molecule has 3 atom stereocenters. The average Bonchev–Trinajstić information content (AvgIpc) is 2.04. The molecule has 0 heterocycles. The van der Waals surface area contributed by atoms with Crippen LogP contribution in [0.25, 0.3) is 0 Å². The Hall–Kier alpha value is -0.900. The van der Waals surface area contributed by atoms with Crippen molar-refractivity contribution in [2.45, 2.75) is 46.3 Å². The molecule has 4 nitrogen and oxygen atoms in total. The summed E-state index contributed by atoms with van der Waals surface area (Å²) >= 11 is 0. The molecule has 0 saturated heterocycles. The zero-order valence-electron chi connectivity index (χ0n) is 9.20. The van der Waals surface area contributed by atoms with Crippen LogP contribution in [0.1, 0.15) is 34.1 Å². The molecular weight excluding hydrogens is 182 g/mol. The Bertz CT molecular complexity index is 213. The summed E-state index contributed by atoms with van der Waals surface area (Å²) in [4.78, 5) is 22.4. The third kappa shape index (κ3) is 3.87. The summed E-state index contributed by atoms with van der Waals surface area (Å²) in [5.41, 5.74) is 0. The van der Waals surface area contributed by atoms with E-state index in [9.17, 15) is 14.7 Å². The van der Waals surface area contributed by atoms with Crippen LogP contribution in [0.15, 0.2) is 0 Å². The van der Waals surface area contributed by atoms with Gasteiger partial charge < -0.3 is 10.4 Å². The third-order valence-corrected chi connectivity index (χ3v) is 2.33. The van der Waals surface area contributed by atoms with Crippen LogP contribution in [0.2, 0.25) is 0 Å². The molecule has 14 heavy (non-hydrogen) atoms. The van der Waals surface area contributed by atoms with E-state index in [1.165, 1.54) is 6.92 Å². The fourth-order valence-electron chi connectivity index (χ4n) is 1.17. The number of hydrogen-bond acceptors (Lipinski definition) is 3. The average molecular weight is 201 g/mol. The molecule has 0 aliphatic rings. The molecule has 1 amide bonds. The van der Waals surface area contributed by atoms with E-state index in [1.54, 1.807) is 13.8 Å². The van der Waals surface area contributed by atoms with Crippen molar-refractivity contribution in [2.24, 2.45) is 5.92 Å². The second-order valence-corrected chi connectivity index (χ2v) is 3.60. The lowest BCUT2D eigenvalue weighted by Crippen LogP contribution is -2.43. The fourth-order valence-corrected chi connectivity index (χ4v) is 1.17. The van der Waals surface area contributed by atoms with Gasteiger partial charge in [-0.1, -0.05) is 6.92 Å². The molecule has 0 rings (SSSR count). The maximum atomic E-state index is 11.5. The molecule has 4 heteroatoms. The smallest absolute Gasteiger partial charge is 0.226 e. The van der Waals surface area contributed by atoms with Crippen LogP contribution in [-0.4, -0.2) is 28.9 Å². The Labute approximate surface area is 84.7 Å². The summed E-state index contributed by atoms with van der Waals surface area (Å²) in [6.07, 6.45) is -0.118. The summed E-state index contributed by atoms with van der Waals surface area (Å²) in [6.45, 7) is 6.46. The van der Waals surface area contributed by atoms with Crippen LogP contribution in [-0.2, 0) is 9.59 Å². The van der Waals surface area contributed by atoms with Crippen molar-refractivity contribution >= 4 is 11.7 Å². The molecule has 0 spiro atoms. The van der Waals surface area contributed by atoms with Crippen molar-refractivity contribution in [3.63, 3.8) is 0 Å². The van der Waals surface area contributed by atoms with Gasteiger partial charge in [-0.15, -0.1) is 0 Å². The zero-order valence-corrected chi connectivity index (χ0v) is 9.20. The second kappa shape index (κ2) is 5.75. The van der Waals surface area contributed by atoms with Crippen molar-refractivity contribution in [1.82, 2.24) is 5.32 Å². The minimum absolute atomic E-state index is 0.0844. The van der Waals surface area contributed by atoms with E-state index >= 15 is 0 Å². The maximum absolute atomic E-state index is 11.5. The third-order valence-electron chi connectivity index (χ3n) is 2.33. The highest BCUT2D eigenvalue weighted by atomic mass is 16.3. The molecule has 0 bridgehead atoms. The Morgan fingerprint density at radius 3 is 2.14 bits per heavy atom. The molecule has 0 aromatic heterocycles. The van der Waals surface area contributed by atoms with Gasteiger partial charge in [-0.3, -0.25) is 9.59 Å². The van der Waals surface area contributed by atoms with E-state index in [2.05, 4.69) is 5.32 Å². The maximum Gasteiger partial charge on any atom is 0.226 e. The van der Waals surface area contributed by atoms with E-state index in [0.717, 1.165) is 0 Å². The number of nitrogens with one attached hydrogen (secondary N) is 1. The number of rotatable bonds is 5. The van der Waals surface area contributed by atoms with E-state index in [4.69, 9.17) is 0 Å². The summed E-state index contributed by atoms with van der Waals surface area (Å²) < 4.78 is 0. The van der Waals surface area contributed by atoms with E-state index in [0.29, 0.717) is 6.42 Å². The molecule has 0 aromatic carbocycles. The lowest BCUT2D eigenvalue weighted by atomic mass is 9.99. The lowest BCUT2D eigenvalue weighted by Gasteiger charge is -2.19. The normalized spacial score (nSPS) is 16.9. The van der Waals surface area contributed by atoms with Crippen LogP contribution in [0, 0.1) is 5.92 Å². The van der Waals surface area contributed by atoms with Crippen molar-refractivity contribution in [2.75, 3.05) is 0 Å². The van der Waals surface area contributed by atoms with Crippen molar-refractivity contribution in [3.05, 3.63) is 0 Å². The number of hydrogen-bond donors (Lipinski definition) is 2. The largest absolute Gasteiger partial charge is 0.393 e. The van der Waals surface area contributed by atoms with Crippen LogP contribution >= 0.6 is 0 Å². The molecule has 2 N–H and O–H groups in total. The van der Waals surface area contributed by atoms with Gasteiger partial charge in [0, 0.05) is 0 Å². The van der Waals surface area contributed by atoms with Gasteiger partial charge in [-0.05, 0) is 27.2 Å². The number of aliphatic hydroxyl groups excluding tert-OH is 1. The predicted molar refractivity (Wildman–Crippen MR) is 53.7 cm³/mol. The molecule has 0 aliphatic heterocycles. The molecule has 0 unspecified atom stereocenters. The number of amides is 1. The fraction of sp³-hybridized carbons (Fsp3) is 0.800. The Kier molecular flexibility index (Phi) is 5.38. The first-order chi connectivity index (χ1) is 6.40. The van der Waals surface area contributed by atoms with Crippen LogP contribution in [0.5, 0.6) is 0 Å². The first kappa shape index (κ1) is 13.1. The number of carbonyl (C=O) groups is 2. The van der Waals surface area contributed by atoms with Crippen LogP contribution in [0.3, 0.4) is 0 Å². The second-order valence-electron chi connectivity index (χ2n) is 3.60. The highest BCUT2D eigenvalue weighted by Gasteiger charge is 2.23. The van der Waals surface area contributed by atoms with Gasteiger partial charge >= 0.3 is 0 Å². The molecule has 0 radical (unpaired) electrons. The minimum Gasteiger partial charge on any atom is -0.393 e. The standard InChI is InChI=1S/C10H19NO3/c1-5-9(8(4)13)10(14)11-6(2)7(3)12/h6,8-9,13H,5H2,1-4H3,(H,11,14)/t6-,8+,9-/m0/s1. The van der Waals surface area contributed by atoms with Gasteiger partial charge in [0.15, 0.2) is 5.78 Å². The topological polar surface area (TPSA) is 66.4 Å². The molecular formula is C10H19NO3. The number of ketones is 1. The SMILES string of the molecule is CC[C@H](C(=O)N[C@@H](C)C(C)=O)[C@@H](C)O. The van der Waals surface area contributed by atoms with Crippen molar-refractivity contribution in [3.8, 4) is 0 Å². The van der Waals surface area contributed by atoms with E-state index in [1.807, 2.05) is 6.92 Å². The van der Waals surface area contributed by atoms with Crippen molar-refractivity contribution < 1.29 is 14.7 Å². The summed E-state index contributed by atoms with van der Waals surface area (Å²) in [6, 6.07) is -0.477. The highest BCUT2D eigenvalue weighted by molar-refractivity contribution is 5.88. The number of carbonyl (C=O) groups excluding carboxylic acids is 2. The number of Topliss-reactive ketones (excluding diaryl/α,β-unsaturated/α-hetero) is 1. The van der Waals surface area contributed by atoms with Gasteiger partial charge in [-0.25, -0.2) is 0 Å². The van der Waals surface area contributed by atoms with Gasteiger partial charge in [0.1, 0.15) is 0 Å². The molecule has 0 aliphatic carbocycles. The van der Waals surface area contributed by atoms with Gasteiger partial charge in [0.05, 0.1) is 18.1 Å². The van der Waals surface area contributed by atoms with Crippen LogP contribution < -0.4 is 5.32 Å². The van der Waals surface area contributed by atoms with E-state index < -0.39 is 18.1 Å². The Morgan fingerprint density at radius 2 is 1.86 bits per heavy atom. The summed E-state index contributed by atoms with van der Waals surface area (Å²) in [5, 5.41) is 11.9. The summed E-state index contributed by atoms with van der Waals surface area (Å²) in [5.74, 6) is -0.777.